The van der Waals surface area contributed by atoms with Crippen molar-refractivity contribution >= 4 is 17.9 Å². The molecule has 0 amide bonds. The maximum Gasteiger partial charge on any atom is 0.306 e. The van der Waals surface area contributed by atoms with Gasteiger partial charge in [0, 0.05) is 19.3 Å². The second kappa shape index (κ2) is 55.2. The van der Waals surface area contributed by atoms with Crippen molar-refractivity contribution in [1.82, 2.24) is 0 Å². The normalized spacial score (nSPS) is 12.7. The highest BCUT2D eigenvalue weighted by Crippen LogP contribution is 2.15. The van der Waals surface area contributed by atoms with Crippen molar-refractivity contribution < 1.29 is 28.6 Å². The Balaban J connectivity index is 4.46. The van der Waals surface area contributed by atoms with E-state index in [2.05, 4.69) is 106 Å². The SMILES string of the molecule is CC/C=C\C/C=C\C/C=C\C/C=C\C/C=C\CCCCCC(=O)OCC(COC(=O)CCCCCCCCCCCCCCCC)OC(=O)CCCCCCC/C=C\C/C=C\CCCCCC. The van der Waals surface area contributed by atoms with Crippen LogP contribution in [0.5, 0.6) is 0 Å². The molecule has 0 aliphatic heterocycles. The lowest BCUT2D eigenvalue weighted by atomic mass is 10.0. The molecule has 0 aromatic carbocycles. The first-order valence-electron chi connectivity index (χ1n) is 28.1. The van der Waals surface area contributed by atoms with Gasteiger partial charge in [0.1, 0.15) is 13.2 Å². The molecular formula is C61H104O6. The van der Waals surface area contributed by atoms with E-state index in [4.69, 9.17) is 14.2 Å². The molecule has 0 aromatic rings. The number of carbonyl (C=O) groups excluding carboxylic acids is 3. The average molecular weight is 933 g/mol. The Hall–Kier alpha value is -3.41. The van der Waals surface area contributed by atoms with Crippen LogP contribution in [0.15, 0.2) is 85.1 Å². The van der Waals surface area contributed by atoms with Crippen LogP contribution in [-0.2, 0) is 28.6 Å². The maximum atomic E-state index is 12.8. The van der Waals surface area contributed by atoms with E-state index in [0.717, 1.165) is 122 Å². The van der Waals surface area contributed by atoms with Crippen molar-refractivity contribution in [3.05, 3.63) is 85.1 Å². The van der Waals surface area contributed by atoms with E-state index in [-0.39, 0.29) is 31.1 Å². The van der Waals surface area contributed by atoms with E-state index in [1.807, 2.05) is 0 Å². The first-order chi connectivity index (χ1) is 33.0. The minimum absolute atomic E-state index is 0.0913. The topological polar surface area (TPSA) is 78.9 Å². The molecule has 0 aliphatic carbocycles. The number of hydrogen-bond donors (Lipinski definition) is 0. The number of unbranched alkanes of at least 4 members (excludes halogenated alkanes) is 25. The number of ether oxygens (including phenoxy) is 3. The van der Waals surface area contributed by atoms with Gasteiger partial charge in [-0.1, -0.05) is 234 Å². The molecule has 6 heteroatoms. The van der Waals surface area contributed by atoms with Crippen molar-refractivity contribution in [2.45, 2.75) is 271 Å². The highest BCUT2D eigenvalue weighted by Gasteiger charge is 2.19. The van der Waals surface area contributed by atoms with Gasteiger partial charge in [-0.2, -0.15) is 0 Å². The number of carbonyl (C=O) groups is 3. The van der Waals surface area contributed by atoms with Crippen LogP contribution in [0.1, 0.15) is 265 Å². The first-order valence-corrected chi connectivity index (χ1v) is 28.1. The summed E-state index contributed by atoms with van der Waals surface area (Å²) in [4.78, 5) is 38.1. The van der Waals surface area contributed by atoms with Crippen LogP contribution in [-0.4, -0.2) is 37.2 Å². The molecule has 1 unspecified atom stereocenters. The smallest absolute Gasteiger partial charge is 0.306 e. The average Bonchev–Trinajstić information content (AvgIpc) is 3.33. The molecule has 0 fully saturated rings. The second-order valence-electron chi connectivity index (χ2n) is 18.5. The molecule has 0 saturated carbocycles. The van der Waals surface area contributed by atoms with Gasteiger partial charge in [0.2, 0.25) is 0 Å². The molecule has 6 nitrogen and oxygen atoms in total. The fourth-order valence-corrected chi connectivity index (χ4v) is 7.68. The van der Waals surface area contributed by atoms with Gasteiger partial charge in [-0.15, -0.1) is 0 Å². The van der Waals surface area contributed by atoms with Gasteiger partial charge in [0.15, 0.2) is 6.10 Å². The Morgan fingerprint density at radius 1 is 0.313 bits per heavy atom. The number of esters is 3. The molecule has 384 valence electrons. The van der Waals surface area contributed by atoms with Crippen LogP contribution >= 0.6 is 0 Å². The van der Waals surface area contributed by atoms with E-state index in [9.17, 15) is 14.4 Å². The first kappa shape index (κ1) is 63.6. The standard InChI is InChI=1S/C61H104O6/c1-4-7-10-13-16-19-22-25-28-30-31-32-34-36-39-42-45-48-51-54-60(63)66-57-58(56-65-59(62)53-50-47-44-41-38-35-27-24-21-18-15-12-9-6-3)67-61(64)55-52-49-46-43-40-37-33-29-26-23-20-17-14-11-8-5-2/h7,10,16,19-20,23,25,28-29,31-33,36,39,58H,4-6,8-9,11-15,17-18,21-22,24,26-27,30,34-35,37-38,40-57H2,1-3H3/b10-7-,19-16-,23-20-,28-25-,32-31-,33-29-,39-36-. The number of hydrogen-bond acceptors (Lipinski definition) is 6. The van der Waals surface area contributed by atoms with Gasteiger partial charge in [-0.05, 0) is 96.3 Å². The summed E-state index contributed by atoms with van der Waals surface area (Å²) >= 11 is 0. The summed E-state index contributed by atoms with van der Waals surface area (Å²) in [6.45, 7) is 6.48. The van der Waals surface area contributed by atoms with E-state index in [1.165, 1.54) is 103 Å². The zero-order valence-electron chi connectivity index (χ0n) is 43.9. The molecule has 0 saturated heterocycles. The van der Waals surface area contributed by atoms with Crippen LogP contribution in [0, 0.1) is 0 Å². The lowest BCUT2D eigenvalue weighted by Gasteiger charge is -2.18. The van der Waals surface area contributed by atoms with Gasteiger partial charge in [-0.3, -0.25) is 14.4 Å². The summed E-state index contributed by atoms with van der Waals surface area (Å²) in [6.07, 6.45) is 71.4. The Morgan fingerprint density at radius 2 is 0.582 bits per heavy atom. The molecule has 0 heterocycles. The summed E-state index contributed by atoms with van der Waals surface area (Å²) in [5.74, 6) is -0.933. The predicted molar refractivity (Wildman–Crippen MR) is 288 cm³/mol. The summed E-state index contributed by atoms with van der Waals surface area (Å²) < 4.78 is 16.8. The Kier molecular flexibility index (Phi) is 52.4. The summed E-state index contributed by atoms with van der Waals surface area (Å²) in [7, 11) is 0. The molecule has 1 atom stereocenters. The van der Waals surface area contributed by atoms with Crippen LogP contribution < -0.4 is 0 Å². The maximum absolute atomic E-state index is 12.8. The van der Waals surface area contributed by atoms with Crippen LogP contribution in [0.4, 0.5) is 0 Å². The van der Waals surface area contributed by atoms with Gasteiger partial charge in [0.05, 0.1) is 0 Å². The number of rotatable bonds is 50. The third kappa shape index (κ3) is 53.4. The fourth-order valence-electron chi connectivity index (χ4n) is 7.68. The highest BCUT2D eigenvalue weighted by atomic mass is 16.6. The lowest BCUT2D eigenvalue weighted by molar-refractivity contribution is -0.167. The van der Waals surface area contributed by atoms with Gasteiger partial charge < -0.3 is 14.2 Å². The minimum atomic E-state index is -0.797. The van der Waals surface area contributed by atoms with Crippen molar-refractivity contribution in [2.24, 2.45) is 0 Å². The molecule has 0 bridgehead atoms. The zero-order chi connectivity index (χ0) is 48.6. The van der Waals surface area contributed by atoms with E-state index >= 15 is 0 Å². The highest BCUT2D eigenvalue weighted by molar-refractivity contribution is 5.71. The molecule has 0 aromatic heterocycles. The van der Waals surface area contributed by atoms with Crippen molar-refractivity contribution in [3.63, 3.8) is 0 Å². The zero-order valence-corrected chi connectivity index (χ0v) is 43.9. The second-order valence-corrected chi connectivity index (χ2v) is 18.5. The quantitative estimate of drug-likeness (QED) is 0.0262. The summed E-state index contributed by atoms with van der Waals surface area (Å²) in [5.41, 5.74) is 0. The molecule has 0 radical (unpaired) electrons. The third-order valence-corrected chi connectivity index (χ3v) is 11.9. The van der Waals surface area contributed by atoms with Crippen LogP contribution in [0.2, 0.25) is 0 Å². The van der Waals surface area contributed by atoms with Crippen molar-refractivity contribution in [3.8, 4) is 0 Å². The molecule has 0 N–H and O–H groups in total. The van der Waals surface area contributed by atoms with Gasteiger partial charge in [-0.25, -0.2) is 0 Å². The molecule has 67 heavy (non-hydrogen) atoms. The third-order valence-electron chi connectivity index (χ3n) is 11.9. The molecular weight excluding hydrogens is 829 g/mol. The van der Waals surface area contributed by atoms with E-state index in [1.54, 1.807) is 0 Å². The largest absolute Gasteiger partial charge is 0.462 e. The predicted octanol–water partition coefficient (Wildman–Crippen LogP) is 18.8. The summed E-state index contributed by atoms with van der Waals surface area (Å²) in [5, 5.41) is 0. The Morgan fingerprint density at radius 3 is 0.940 bits per heavy atom. The van der Waals surface area contributed by atoms with Crippen LogP contribution in [0.3, 0.4) is 0 Å². The summed E-state index contributed by atoms with van der Waals surface area (Å²) in [6, 6.07) is 0. The van der Waals surface area contributed by atoms with Gasteiger partial charge in [0.25, 0.3) is 0 Å². The van der Waals surface area contributed by atoms with Crippen molar-refractivity contribution in [1.29, 1.82) is 0 Å². The Bertz CT molecular complexity index is 1300. The Labute approximate surface area is 414 Å². The van der Waals surface area contributed by atoms with Crippen LogP contribution in [0.25, 0.3) is 0 Å². The fraction of sp³-hybridized carbons (Fsp3) is 0.721. The monoisotopic (exact) mass is 933 g/mol. The van der Waals surface area contributed by atoms with E-state index < -0.39 is 6.10 Å². The molecule has 0 spiro atoms. The number of allylic oxidation sites excluding steroid dienone is 14. The van der Waals surface area contributed by atoms with Crippen molar-refractivity contribution in [2.75, 3.05) is 13.2 Å². The molecule has 0 rings (SSSR count). The lowest BCUT2D eigenvalue weighted by Crippen LogP contribution is -2.30. The van der Waals surface area contributed by atoms with E-state index in [0.29, 0.717) is 19.3 Å². The van der Waals surface area contributed by atoms with Gasteiger partial charge >= 0.3 is 17.9 Å². The minimum Gasteiger partial charge on any atom is -0.462 e. The molecule has 0 aliphatic rings.